The molecule has 0 bridgehead atoms. The number of ether oxygens (including phenoxy) is 3. The first kappa shape index (κ1) is 45.0. The number of rotatable bonds is 14. The Morgan fingerprint density at radius 3 is 2.00 bits per heavy atom. The third-order valence-corrected chi connectivity index (χ3v) is 8.07. The van der Waals surface area contributed by atoms with Crippen LogP contribution < -0.4 is 5.32 Å². The lowest BCUT2D eigenvalue weighted by Crippen LogP contribution is -2.34. The summed E-state index contributed by atoms with van der Waals surface area (Å²) >= 11 is 5.22. The van der Waals surface area contributed by atoms with Gasteiger partial charge in [0.05, 0.1) is 0 Å². The number of benzene rings is 1. The number of unbranched alkanes of at least 4 members (excludes halogenated alkanes) is 2. The first-order chi connectivity index (χ1) is 26.8. The first-order valence-electron chi connectivity index (χ1n) is 16.7. The molecule has 12 heteroatoms. The van der Waals surface area contributed by atoms with Crippen LogP contribution in [0, 0.1) is 124 Å². The van der Waals surface area contributed by atoms with Gasteiger partial charge in [-0.25, -0.2) is 9.36 Å². The minimum Gasteiger partial charge on any atom is -0.431 e. The van der Waals surface area contributed by atoms with E-state index in [1.165, 1.54) is 0 Å². The van der Waals surface area contributed by atoms with E-state index in [2.05, 4.69) is 128 Å². The minimum absolute atomic E-state index is 0.0458. The lowest BCUT2D eigenvalue weighted by atomic mass is 9.82. The maximum absolute atomic E-state index is 12.3. The quantitative estimate of drug-likeness (QED) is 0.0555. The van der Waals surface area contributed by atoms with Crippen molar-refractivity contribution in [2.24, 2.45) is 5.92 Å². The predicted octanol–water partition coefficient (Wildman–Crippen LogP) is 3.53. The van der Waals surface area contributed by atoms with E-state index in [1.807, 2.05) is 50.3 Å². The van der Waals surface area contributed by atoms with Crippen LogP contribution in [-0.2, 0) is 34.4 Å². The molecule has 2 rings (SSSR count). The molecule has 0 amide bonds. The van der Waals surface area contributed by atoms with Gasteiger partial charge >= 0.3 is 14.0 Å². The Morgan fingerprint density at radius 2 is 1.44 bits per heavy atom. The predicted molar refractivity (Wildman–Crippen MR) is 217 cm³/mol. The molecule has 9 nitrogen and oxygen atoms in total. The lowest BCUT2D eigenvalue weighted by Gasteiger charge is -2.24. The Morgan fingerprint density at radius 1 is 0.873 bits per heavy atom. The van der Waals surface area contributed by atoms with Gasteiger partial charge in [-0.15, -0.1) is 0 Å². The normalized spacial score (nSPS) is 16.5. The minimum atomic E-state index is -4.35. The fraction of sp³-hybridized carbons (Fsp3) is 0.302. The summed E-state index contributed by atoms with van der Waals surface area (Å²) in [7, 11) is -1.44. The largest absolute Gasteiger partial charge is 0.508 e. The van der Waals surface area contributed by atoms with Crippen LogP contribution in [0.5, 0.6) is 0 Å². The average Bonchev–Trinajstić information content (AvgIpc) is 3.47. The fourth-order valence-electron chi connectivity index (χ4n) is 4.36. The van der Waals surface area contributed by atoms with E-state index in [0.29, 0.717) is 18.0 Å². The molecule has 55 heavy (non-hydrogen) atoms. The van der Waals surface area contributed by atoms with Crippen LogP contribution in [0.2, 0.25) is 0 Å². The van der Waals surface area contributed by atoms with Gasteiger partial charge in [0.25, 0.3) is 0 Å². The summed E-state index contributed by atoms with van der Waals surface area (Å²) in [5.41, 5.74) is 0.806. The maximum atomic E-state index is 12.3. The number of thiocarbonyl (C=S) groups is 1. The number of hydrogen-bond acceptors (Lipinski definition) is 8. The van der Waals surface area contributed by atoms with Crippen molar-refractivity contribution in [3.05, 3.63) is 48.0 Å². The van der Waals surface area contributed by atoms with Gasteiger partial charge in [0.15, 0.2) is 4.99 Å². The number of carbonyl (C=O) groups is 1. The van der Waals surface area contributed by atoms with Crippen LogP contribution in [0.15, 0.2) is 42.5 Å². The average molecular weight is 768 g/mol. The number of carbonyl (C=O) groups excluding carboxylic acids is 1. The van der Waals surface area contributed by atoms with Crippen LogP contribution in [0.3, 0.4) is 0 Å². The zero-order valence-electron chi connectivity index (χ0n) is 30.5. The third kappa shape index (κ3) is 21.9. The second-order valence-corrected chi connectivity index (χ2v) is 12.6. The van der Waals surface area contributed by atoms with Gasteiger partial charge in [0, 0.05) is 37.4 Å². The van der Waals surface area contributed by atoms with Crippen molar-refractivity contribution in [2.45, 2.75) is 57.4 Å². The van der Waals surface area contributed by atoms with Crippen molar-refractivity contribution >= 4 is 39.0 Å². The SMILES string of the molecule is B[C@@H]1O[C@H](COC(=O)OCc2ccccc2)[C@H](OP(=O)(O)OC)C1C/C=C/CCCCNC(=S)C#CC#CC#CC#CC#CC#CC#CC#CC#CC#CC. The topological polar surface area (TPSA) is 113 Å². The van der Waals surface area contributed by atoms with Crippen molar-refractivity contribution in [1.82, 2.24) is 5.32 Å². The van der Waals surface area contributed by atoms with Crippen LogP contribution in [0.4, 0.5) is 4.79 Å². The second-order valence-electron chi connectivity index (χ2n) is 10.7. The van der Waals surface area contributed by atoms with Crippen molar-refractivity contribution in [3.63, 3.8) is 0 Å². The van der Waals surface area contributed by atoms with E-state index >= 15 is 0 Å². The molecule has 1 aliphatic rings. The molecular formula is C43H35BNO8PS. The summed E-state index contributed by atoms with van der Waals surface area (Å²) in [6.45, 7) is 2.15. The van der Waals surface area contributed by atoms with Crippen LogP contribution in [0.25, 0.3) is 0 Å². The van der Waals surface area contributed by atoms with Gasteiger partial charge in [-0.2, -0.15) is 0 Å². The number of allylic oxidation sites excluding steroid dienone is 2. The van der Waals surface area contributed by atoms with Crippen LogP contribution in [-0.4, -0.2) is 62.4 Å². The smallest absolute Gasteiger partial charge is 0.431 e. The molecule has 2 N–H and O–H groups in total. The van der Waals surface area contributed by atoms with Crippen molar-refractivity contribution in [2.75, 3.05) is 20.3 Å². The van der Waals surface area contributed by atoms with Crippen molar-refractivity contribution < 1.29 is 37.5 Å². The van der Waals surface area contributed by atoms with Gasteiger partial charge in [0.2, 0.25) is 0 Å². The molecule has 1 heterocycles. The molecule has 0 aliphatic carbocycles. The number of hydrogen-bond donors (Lipinski definition) is 2. The first-order valence-corrected chi connectivity index (χ1v) is 18.6. The molecule has 0 aromatic heterocycles. The highest BCUT2D eigenvalue weighted by atomic mass is 32.1. The van der Waals surface area contributed by atoms with Gasteiger partial charge < -0.3 is 24.4 Å². The number of phosphoric ester groups is 1. The lowest BCUT2D eigenvalue weighted by molar-refractivity contribution is -0.0303. The van der Waals surface area contributed by atoms with E-state index in [4.69, 9.17) is 31.0 Å². The Kier molecular flexibility index (Phi) is 23.2. The Hall–Kier alpha value is -6.15. The Balaban J connectivity index is 1.70. The molecule has 0 spiro atoms. The zero-order chi connectivity index (χ0) is 39.8. The number of phosphoric acid groups is 1. The summed E-state index contributed by atoms with van der Waals surface area (Å²) in [6, 6.07) is 8.81. The molecule has 0 radical (unpaired) electrons. The summed E-state index contributed by atoms with van der Waals surface area (Å²) < 4.78 is 38.8. The molecule has 1 saturated heterocycles. The van der Waals surface area contributed by atoms with Gasteiger partial charge in [-0.1, -0.05) is 60.6 Å². The monoisotopic (exact) mass is 767 g/mol. The fourth-order valence-corrected chi connectivity index (χ4v) is 5.20. The third-order valence-electron chi connectivity index (χ3n) is 6.85. The summed E-state index contributed by atoms with van der Waals surface area (Å²) in [4.78, 5) is 22.6. The maximum Gasteiger partial charge on any atom is 0.508 e. The van der Waals surface area contributed by atoms with E-state index in [-0.39, 0.29) is 25.1 Å². The van der Waals surface area contributed by atoms with Crippen LogP contribution >= 0.6 is 20.0 Å². The zero-order valence-corrected chi connectivity index (χ0v) is 32.2. The molecule has 1 aromatic carbocycles. The summed E-state index contributed by atoms with van der Waals surface area (Å²) in [5, 5.41) is 3.07. The Bertz CT molecular complexity index is 2230. The highest BCUT2D eigenvalue weighted by molar-refractivity contribution is 7.80. The van der Waals surface area contributed by atoms with Crippen molar-refractivity contribution in [3.8, 4) is 118 Å². The Labute approximate surface area is 330 Å². The molecule has 1 aliphatic heterocycles. The van der Waals surface area contributed by atoms with E-state index < -0.39 is 26.2 Å². The van der Waals surface area contributed by atoms with E-state index in [1.54, 1.807) is 6.92 Å². The molecule has 5 atom stereocenters. The second kappa shape index (κ2) is 28.4. The number of nitrogens with one attached hydrogen (secondary N) is 1. The molecule has 1 aromatic rings. The van der Waals surface area contributed by atoms with E-state index in [0.717, 1.165) is 31.9 Å². The van der Waals surface area contributed by atoms with Gasteiger partial charge in [-0.3, -0.25) is 9.05 Å². The van der Waals surface area contributed by atoms with Crippen LogP contribution in [0.1, 0.15) is 38.2 Å². The van der Waals surface area contributed by atoms with Crippen molar-refractivity contribution in [1.29, 1.82) is 0 Å². The molecular weight excluding hydrogens is 732 g/mol. The van der Waals surface area contributed by atoms with Gasteiger partial charge in [-0.05, 0) is 139 Å². The summed E-state index contributed by atoms with van der Waals surface area (Å²) in [6.07, 6.45) is 4.49. The molecule has 0 saturated carbocycles. The molecule has 2 unspecified atom stereocenters. The van der Waals surface area contributed by atoms with E-state index in [9.17, 15) is 14.3 Å². The summed E-state index contributed by atoms with van der Waals surface area (Å²) in [5.74, 6) is 50.8. The molecule has 1 fully saturated rings. The highest BCUT2D eigenvalue weighted by Crippen LogP contribution is 2.48. The van der Waals surface area contributed by atoms with Gasteiger partial charge in [0.1, 0.15) is 33.3 Å². The standard InChI is InChI=1S/C43H35BNO8PS/c1-3-4-5-6-7-8-9-10-11-12-13-14-15-16-17-18-19-22-28-33-40(55)45-34-29-23-20-21-27-32-38-41(53-54(47,48)49-2)39(52-42(38)44)36-51-43(46)50-35-37-30-25-24-26-31-37/h21,24-27,30-31,38-39,41-42H,20,23,29,32,34-36,44H2,1-2H3,(H,45,55)(H,47,48)/b27-21+/t38?,39-,41-,42-/m1/s1. The highest BCUT2D eigenvalue weighted by Gasteiger charge is 2.46. The molecule has 274 valence electrons.